The zero-order valence-electron chi connectivity index (χ0n) is 10.4. The van der Waals surface area contributed by atoms with Gasteiger partial charge in [-0.3, -0.25) is 0 Å². The molecule has 1 aromatic rings. The molecule has 1 N–H and O–H groups in total. The number of hydrogen-bond donors (Lipinski definition) is 1. The molecule has 1 aromatic carbocycles. The molecule has 0 aliphatic heterocycles. The van der Waals surface area contributed by atoms with Crippen LogP contribution in [0.2, 0.25) is 5.02 Å². The van der Waals surface area contributed by atoms with Crippen LogP contribution in [-0.2, 0) is 0 Å². The fourth-order valence-corrected chi connectivity index (χ4v) is 2.19. The van der Waals surface area contributed by atoms with E-state index in [0.717, 1.165) is 23.5 Å². The number of ether oxygens (including phenoxy) is 1. The van der Waals surface area contributed by atoms with Gasteiger partial charge in [-0.2, -0.15) is 0 Å². The van der Waals surface area contributed by atoms with Gasteiger partial charge in [-0.05, 0) is 37.3 Å². The first kappa shape index (κ1) is 12.7. The molecule has 94 valence electrons. The summed E-state index contributed by atoms with van der Waals surface area (Å²) in [6.07, 6.45) is 2.52. The molecule has 1 fully saturated rings. The van der Waals surface area contributed by atoms with E-state index in [1.54, 1.807) is 0 Å². The van der Waals surface area contributed by atoms with Crippen molar-refractivity contribution in [3.05, 3.63) is 28.3 Å². The highest BCUT2D eigenvalue weighted by Gasteiger charge is 2.23. The molecule has 1 saturated carbocycles. The Bertz CT molecular complexity index is 399. The zero-order chi connectivity index (χ0) is 12.4. The summed E-state index contributed by atoms with van der Waals surface area (Å²) in [6, 6.07) is 3.96. The summed E-state index contributed by atoms with van der Waals surface area (Å²) < 4.78 is 5.83. The van der Waals surface area contributed by atoms with Crippen LogP contribution in [0.1, 0.15) is 36.8 Å². The zero-order valence-corrected chi connectivity index (χ0v) is 11.1. The van der Waals surface area contributed by atoms with Crippen molar-refractivity contribution in [1.29, 1.82) is 0 Å². The summed E-state index contributed by atoms with van der Waals surface area (Å²) in [4.78, 5) is 0. The molecule has 0 heterocycles. The minimum atomic E-state index is 0.0570. The van der Waals surface area contributed by atoms with Gasteiger partial charge in [0.2, 0.25) is 0 Å². The van der Waals surface area contributed by atoms with Crippen molar-refractivity contribution < 1.29 is 9.84 Å². The molecule has 3 heteroatoms. The average Bonchev–Trinajstić information content (AvgIpc) is 3.09. The minimum absolute atomic E-state index is 0.0570. The summed E-state index contributed by atoms with van der Waals surface area (Å²) >= 11 is 6.23. The van der Waals surface area contributed by atoms with Gasteiger partial charge in [-0.1, -0.05) is 24.6 Å². The molecule has 0 bridgehead atoms. The SMILES string of the molecule is Cc1cc(Cl)c(OCC2CC2)c(C(C)CO)c1. The van der Waals surface area contributed by atoms with Crippen LogP contribution in [0.4, 0.5) is 0 Å². The van der Waals surface area contributed by atoms with Crippen molar-refractivity contribution in [1.82, 2.24) is 0 Å². The Morgan fingerprint density at radius 1 is 1.47 bits per heavy atom. The highest BCUT2D eigenvalue weighted by Crippen LogP contribution is 2.37. The Labute approximate surface area is 108 Å². The Kier molecular flexibility index (Phi) is 3.95. The molecule has 2 rings (SSSR count). The Morgan fingerprint density at radius 2 is 2.18 bits per heavy atom. The number of rotatable bonds is 5. The van der Waals surface area contributed by atoms with E-state index in [4.69, 9.17) is 16.3 Å². The molecule has 17 heavy (non-hydrogen) atoms. The summed E-state index contributed by atoms with van der Waals surface area (Å²) in [5.41, 5.74) is 2.11. The van der Waals surface area contributed by atoms with Crippen LogP contribution in [0.25, 0.3) is 0 Å². The van der Waals surface area contributed by atoms with Crippen LogP contribution in [0.5, 0.6) is 5.75 Å². The van der Waals surface area contributed by atoms with Crippen LogP contribution in [0, 0.1) is 12.8 Å². The maximum atomic E-state index is 9.29. The average molecular weight is 255 g/mol. The first-order valence-corrected chi connectivity index (χ1v) is 6.53. The molecule has 0 spiro atoms. The van der Waals surface area contributed by atoms with E-state index in [-0.39, 0.29) is 12.5 Å². The standard InChI is InChI=1S/C14H19ClO2/c1-9-5-12(10(2)7-16)14(13(15)6-9)17-8-11-3-4-11/h5-6,10-11,16H,3-4,7-8H2,1-2H3. The molecule has 2 nitrogen and oxygen atoms in total. The molecule has 0 radical (unpaired) electrons. The highest BCUT2D eigenvalue weighted by molar-refractivity contribution is 6.32. The van der Waals surface area contributed by atoms with Gasteiger partial charge in [-0.15, -0.1) is 0 Å². The van der Waals surface area contributed by atoms with Gasteiger partial charge in [-0.25, -0.2) is 0 Å². The lowest BCUT2D eigenvalue weighted by Crippen LogP contribution is -2.07. The Balaban J connectivity index is 2.24. The molecule has 1 aliphatic carbocycles. The van der Waals surface area contributed by atoms with Gasteiger partial charge in [0, 0.05) is 18.1 Å². The van der Waals surface area contributed by atoms with Crippen molar-refractivity contribution in [2.24, 2.45) is 5.92 Å². The van der Waals surface area contributed by atoms with Crippen LogP contribution in [0.3, 0.4) is 0 Å². The fourth-order valence-electron chi connectivity index (χ4n) is 1.86. The van der Waals surface area contributed by atoms with Crippen molar-refractivity contribution in [3.8, 4) is 5.75 Å². The van der Waals surface area contributed by atoms with Crippen molar-refractivity contribution in [3.63, 3.8) is 0 Å². The van der Waals surface area contributed by atoms with E-state index in [2.05, 4.69) is 6.07 Å². The van der Waals surface area contributed by atoms with Gasteiger partial charge in [0.15, 0.2) is 0 Å². The summed E-state index contributed by atoms with van der Waals surface area (Å²) in [6.45, 7) is 4.84. The lowest BCUT2D eigenvalue weighted by atomic mass is 9.99. The lowest BCUT2D eigenvalue weighted by molar-refractivity contribution is 0.261. The fraction of sp³-hybridized carbons (Fsp3) is 0.571. The number of aliphatic hydroxyl groups is 1. The van der Waals surface area contributed by atoms with E-state index in [1.807, 2.05) is 19.9 Å². The smallest absolute Gasteiger partial charge is 0.141 e. The molecule has 1 unspecified atom stereocenters. The van der Waals surface area contributed by atoms with E-state index in [0.29, 0.717) is 10.9 Å². The normalized spacial score (nSPS) is 16.9. The summed E-state index contributed by atoms with van der Waals surface area (Å²) in [5, 5.41) is 9.94. The van der Waals surface area contributed by atoms with Gasteiger partial charge < -0.3 is 9.84 Å². The molecular formula is C14H19ClO2. The number of aryl methyl sites for hydroxylation is 1. The van der Waals surface area contributed by atoms with Crippen LogP contribution < -0.4 is 4.74 Å². The first-order chi connectivity index (χ1) is 8.11. The molecule has 1 aliphatic rings. The third-order valence-corrected chi connectivity index (χ3v) is 3.46. The number of benzene rings is 1. The van der Waals surface area contributed by atoms with Gasteiger partial charge in [0.25, 0.3) is 0 Å². The number of aliphatic hydroxyl groups excluding tert-OH is 1. The van der Waals surface area contributed by atoms with Crippen LogP contribution >= 0.6 is 11.6 Å². The maximum Gasteiger partial charge on any atom is 0.141 e. The molecule has 0 amide bonds. The highest BCUT2D eigenvalue weighted by atomic mass is 35.5. The second-order valence-corrected chi connectivity index (χ2v) is 5.41. The quantitative estimate of drug-likeness (QED) is 0.871. The molecule has 0 aromatic heterocycles. The first-order valence-electron chi connectivity index (χ1n) is 6.15. The third-order valence-electron chi connectivity index (χ3n) is 3.18. The largest absolute Gasteiger partial charge is 0.491 e. The lowest BCUT2D eigenvalue weighted by Gasteiger charge is -2.17. The topological polar surface area (TPSA) is 29.5 Å². The molecule has 1 atom stereocenters. The maximum absolute atomic E-state index is 9.29. The summed E-state index contributed by atoms with van der Waals surface area (Å²) in [7, 11) is 0. The second kappa shape index (κ2) is 5.28. The Hall–Kier alpha value is -0.730. The number of halogens is 1. The van der Waals surface area contributed by atoms with Crippen molar-refractivity contribution >= 4 is 11.6 Å². The number of hydrogen-bond acceptors (Lipinski definition) is 2. The van der Waals surface area contributed by atoms with Crippen molar-refractivity contribution in [2.45, 2.75) is 32.6 Å². The van der Waals surface area contributed by atoms with E-state index in [9.17, 15) is 5.11 Å². The van der Waals surface area contributed by atoms with E-state index < -0.39 is 0 Å². The monoisotopic (exact) mass is 254 g/mol. The van der Waals surface area contributed by atoms with Gasteiger partial charge in [0.1, 0.15) is 5.75 Å². The van der Waals surface area contributed by atoms with Crippen molar-refractivity contribution in [2.75, 3.05) is 13.2 Å². The van der Waals surface area contributed by atoms with Gasteiger partial charge in [0.05, 0.1) is 11.6 Å². The third kappa shape index (κ3) is 3.14. The Morgan fingerprint density at radius 3 is 2.76 bits per heavy atom. The summed E-state index contributed by atoms with van der Waals surface area (Å²) in [5.74, 6) is 1.51. The van der Waals surface area contributed by atoms with E-state index in [1.165, 1.54) is 12.8 Å². The van der Waals surface area contributed by atoms with Gasteiger partial charge >= 0.3 is 0 Å². The molecule has 0 saturated heterocycles. The predicted octanol–water partition coefficient (Wildman–Crippen LogP) is 3.53. The van der Waals surface area contributed by atoms with Crippen LogP contribution in [0.15, 0.2) is 12.1 Å². The second-order valence-electron chi connectivity index (χ2n) is 5.00. The predicted molar refractivity (Wildman–Crippen MR) is 69.9 cm³/mol. The van der Waals surface area contributed by atoms with E-state index >= 15 is 0 Å². The minimum Gasteiger partial charge on any atom is -0.491 e. The van der Waals surface area contributed by atoms with Crippen LogP contribution in [-0.4, -0.2) is 18.3 Å². The molecular weight excluding hydrogens is 236 g/mol.